The van der Waals surface area contributed by atoms with Crippen molar-refractivity contribution in [2.45, 2.75) is 0 Å². The van der Waals surface area contributed by atoms with Crippen molar-refractivity contribution in [2.24, 2.45) is 5.73 Å². The van der Waals surface area contributed by atoms with E-state index in [1.54, 1.807) is 0 Å². The lowest BCUT2D eigenvalue weighted by molar-refractivity contribution is 0.100. The monoisotopic (exact) mass is 282 g/mol. The molecule has 1 aromatic carbocycles. The van der Waals surface area contributed by atoms with Crippen molar-refractivity contribution in [2.75, 3.05) is 11.1 Å². The molecular weight excluding hydrogens is 268 g/mol. The van der Waals surface area contributed by atoms with Crippen molar-refractivity contribution in [3.05, 3.63) is 54.4 Å². The Hall–Kier alpha value is -3.22. The SMILES string of the molecule is NC(=O)c1c(Nc2ccc(-n3cccc3)cc2)n[nH]c1N. The molecule has 106 valence electrons. The van der Waals surface area contributed by atoms with Crippen molar-refractivity contribution in [3.63, 3.8) is 0 Å². The van der Waals surface area contributed by atoms with E-state index in [-0.39, 0.29) is 11.4 Å². The summed E-state index contributed by atoms with van der Waals surface area (Å²) in [5.74, 6) is -0.171. The number of rotatable bonds is 4. The van der Waals surface area contributed by atoms with Crippen molar-refractivity contribution in [1.29, 1.82) is 0 Å². The molecule has 3 rings (SSSR count). The summed E-state index contributed by atoms with van der Waals surface area (Å²) in [4.78, 5) is 11.3. The van der Waals surface area contributed by atoms with E-state index >= 15 is 0 Å². The number of aromatic amines is 1. The number of hydrogen-bond acceptors (Lipinski definition) is 4. The molecule has 0 aliphatic carbocycles. The molecule has 2 aromatic heterocycles. The zero-order chi connectivity index (χ0) is 14.8. The summed E-state index contributed by atoms with van der Waals surface area (Å²) in [5.41, 5.74) is 12.9. The van der Waals surface area contributed by atoms with Gasteiger partial charge >= 0.3 is 0 Å². The van der Waals surface area contributed by atoms with E-state index in [2.05, 4.69) is 15.5 Å². The van der Waals surface area contributed by atoms with E-state index < -0.39 is 5.91 Å². The van der Waals surface area contributed by atoms with Gasteiger partial charge in [0.05, 0.1) is 0 Å². The first-order valence-corrected chi connectivity index (χ1v) is 6.29. The second kappa shape index (κ2) is 5.04. The lowest BCUT2D eigenvalue weighted by Gasteiger charge is -2.07. The van der Waals surface area contributed by atoms with Crippen LogP contribution in [0.15, 0.2) is 48.8 Å². The maximum absolute atomic E-state index is 11.3. The average Bonchev–Trinajstić information content (AvgIpc) is 3.10. The van der Waals surface area contributed by atoms with Gasteiger partial charge < -0.3 is 21.4 Å². The molecule has 0 spiro atoms. The molecule has 0 aliphatic rings. The zero-order valence-corrected chi connectivity index (χ0v) is 11.1. The summed E-state index contributed by atoms with van der Waals surface area (Å²) in [5, 5.41) is 9.49. The molecule has 1 amide bonds. The molecule has 3 aromatic rings. The summed E-state index contributed by atoms with van der Waals surface area (Å²) in [6.45, 7) is 0. The third-order valence-corrected chi connectivity index (χ3v) is 3.07. The Morgan fingerprint density at radius 1 is 1.19 bits per heavy atom. The molecule has 0 unspecified atom stereocenters. The number of carbonyl (C=O) groups is 1. The summed E-state index contributed by atoms with van der Waals surface area (Å²) >= 11 is 0. The van der Waals surface area contributed by atoms with Crippen molar-refractivity contribution in [3.8, 4) is 5.69 Å². The van der Waals surface area contributed by atoms with E-state index in [1.165, 1.54) is 0 Å². The van der Waals surface area contributed by atoms with E-state index in [1.807, 2.05) is 53.4 Å². The number of hydrogen-bond donors (Lipinski definition) is 4. The van der Waals surface area contributed by atoms with Crippen LogP contribution in [0.2, 0.25) is 0 Å². The van der Waals surface area contributed by atoms with Crippen molar-refractivity contribution < 1.29 is 4.79 Å². The number of aromatic nitrogens is 3. The Labute approximate surface area is 120 Å². The lowest BCUT2D eigenvalue weighted by Crippen LogP contribution is -2.14. The summed E-state index contributed by atoms with van der Waals surface area (Å²) in [6, 6.07) is 11.6. The van der Waals surface area contributed by atoms with Crippen LogP contribution in [0.3, 0.4) is 0 Å². The molecule has 7 heteroatoms. The van der Waals surface area contributed by atoms with E-state index in [0.29, 0.717) is 5.82 Å². The Morgan fingerprint density at radius 2 is 1.86 bits per heavy atom. The molecule has 0 bridgehead atoms. The second-order valence-corrected chi connectivity index (χ2v) is 4.49. The van der Waals surface area contributed by atoms with Crippen LogP contribution in [0.25, 0.3) is 5.69 Å². The summed E-state index contributed by atoms with van der Waals surface area (Å²) in [7, 11) is 0. The molecule has 0 fully saturated rings. The minimum absolute atomic E-state index is 0.147. The first-order chi connectivity index (χ1) is 10.1. The normalized spacial score (nSPS) is 10.5. The molecule has 6 N–H and O–H groups in total. The van der Waals surface area contributed by atoms with Gasteiger partial charge in [0, 0.05) is 23.8 Å². The van der Waals surface area contributed by atoms with E-state index in [4.69, 9.17) is 11.5 Å². The number of anilines is 3. The van der Waals surface area contributed by atoms with Gasteiger partial charge in [0.25, 0.3) is 5.91 Å². The standard InChI is InChI=1S/C14H14N6O/c15-12-11(13(16)21)14(19-18-12)17-9-3-5-10(6-4-9)20-7-1-2-8-20/h1-8H,(H2,16,21)(H4,15,17,18,19). The van der Waals surface area contributed by atoms with Crippen molar-refractivity contribution in [1.82, 2.24) is 14.8 Å². The average molecular weight is 282 g/mol. The van der Waals surface area contributed by atoms with Gasteiger partial charge in [-0.15, -0.1) is 0 Å². The molecule has 0 saturated heterocycles. The zero-order valence-electron chi connectivity index (χ0n) is 11.1. The minimum atomic E-state index is -0.632. The first kappa shape index (κ1) is 12.8. The number of H-pyrrole nitrogens is 1. The Balaban J connectivity index is 1.84. The van der Waals surface area contributed by atoms with Gasteiger partial charge in [0.15, 0.2) is 5.82 Å². The van der Waals surface area contributed by atoms with Gasteiger partial charge in [-0.1, -0.05) is 0 Å². The molecule has 0 radical (unpaired) electrons. The van der Waals surface area contributed by atoms with Crippen LogP contribution < -0.4 is 16.8 Å². The fourth-order valence-electron chi connectivity index (χ4n) is 2.06. The van der Waals surface area contributed by atoms with Crippen LogP contribution >= 0.6 is 0 Å². The lowest BCUT2D eigenvalue weighted by atomic mass is 10.2. The highest BCUT2D eigenvalue weighted by molar-refractivity contribution is 6.02. The predicted octanol–water partition coefficient (Wildman–Crippen LogP) is 1.63. The van der Waals surface area contributed by atoms with E-state index in [0.717, 1.165) is 11.4 Å². The number of amides is 1. The highest BCUT2D eigenvalue weighted by atomic mass is 16.1. The molecule has 2 heterocycles. The van der Waals surface area contributed by atoms with Gasteiger partial charge in [-0.3, -0.25) is 9.89 Å². The van der Waals surface area contributed by atoms with E-state index in [9.17, 15) is 4.79 Å². The van der Waals surface area contributed by atoms with Crippen LogP contribution in [0.4, 0.5) is 17.3 Å². The number of primary amides is 1. The molecule has 0 saturated carbocycles. The number of nitrogens with two attached hydrogens (primary N) is 2. The van der Waals surface area contributed by atoms with Crippen LogP contribution in [-0.4, -0.2) is 20.7 Å². The minimum Gasteiger partial charge on any atom is -0.383 e. The molecule has 0 aliphatic heterocycles. The van der Waals surface area contributed by atoms with Gasteiger partial charge in [-0.2, -0.15) is 5.10 Å². The van der Waals surface area contributed by atoms with Crippen molar-refractivity contribution >= 4 is 23.2 Å². The third kappa shape index (κ3) is 2.44. The topological polar surface area (TPSA) is 115 Å². The molecular formula is C14H14N6O. The molecule has 21 heavy (non-hydrogen) atoms. The van der Waals surface area contributed by atoms with Gasteiger partial charge in [-0.05, 0) is 36.4 Å². The highest BCUT2D eigenvalue weighted by Crippen LogP contribution is 2.23. The number of carbonyl (C=O) groups excluding carboxylic acids is 1. The van der Waals surface area contributed by atoms with Crippen LogP contribution in [-0.2, 0) is 0 Å². The number of benzene rings is 1. The fraction of sp³-hybridized carbons (Fsp3) is 0. The van der Waals surface area contributed by atoms with Gasteiger partial charge in [-0.25, -0.2) is 0 Å². The van der Waals surface area contributed by atoms with Crippen LogP contribution in [0.5, 0.6) is 0 Å². The van der Waals surface area contributed by atoms with Crippen LogP contribution in [0.1, 0.15) is 10.4 Å². The maximum atomic E-state index is 11.3. The number of nitrogens with one attached hydrogen (secondary N) is 2. The number of nitrogen functional groups attached to an aromatic ring is 1. The molecule has 0 atom stereocenters. The third-order valence-electron chi connectivity index (χ3n) is 3.07. The first-order valence-electron chi connectivity index (χ1n) is 6.29. The smallest absolute Gasteiger partial charge is 0.256 e. The Morgan fingerprint density at radius 3 is 2.48 bits per heavy atom. The number of nitrogens with zero attached hydrogens (tertiary/aromatic N) is 2. The summed E-state index contributed by atoms with van der Waals surface area (Å²) in [6.07, 6.45) is 3.92. The fourth-order valence-corrected chi connectivity index (χ4v) is 2.06. The Bertz CT molecular complexity index is 757. The predicted molar refractivity (Wildman–Crippen MR) is 80.6 cm³/mol. The molecule has 7 nitrogen and oxygen atoms in total. The quantitative estimate of drug-likeness (QED) is 0.582. The maximum Gasteiger partial charge on any atom is 0.256 e. The van der Waals surface area contributed by atoms with Crippen LogP contribution in [0, 0.1) is 0 Å². The Kier molecular flexibility index (Phi) is 3.07. The second-order valence-electron chi connectivity index (χ2n) is 4.49. The van der Waals surface area contributed by atoms with Gasteiger partial charge in [0.1, 0.15) is 11.4 Å². The summed E-state index contributed by atoms with van der Waals surface area (Å²) < 4.78 is 1.99. The van der Waals surface area contributed by atoms with Gasteiger partial charge in [0.2, 0.25) is 0 Å². The highest BCUT2D eigenvalue weighted by Gasteiger charge is 2.16. The largest absolute Gasteiger partial charge is 0.383 e.